The summed E-state index contributed by atoms with van der Waals surface area (Å²) in [5.41, 5.74) is -2.72. The minimum absolute atomic E-state index is 0.0586. The summed E-state index contributed by atoms with van der Waals surface area (Å²) in [6, 6.07) is 8.54. The van der Waals surface area contributed by atoms with Crippen molar-refractivity contribution < 1.29 is 19.3 Å². The minimum atomic E-state index is -4.59. The maximum absolute atomic E-state index is 12.0. The van der Waals surface area contributed by atoms with Crippen LogP contribution in [-0.2, 0) is 11.1 Å². The maximum atomic E-state index is 12.0. The predicted octanol–water partition coefficient (Wildman–Crippen LogP) is 1.79. The summed E-state index contributed by atoms with van der Waals surface area (Å²) in [6.45, 7) is -0.285. The van der Waals surface area contributed by atoms with Gasteiger partial charge in [0.2, 0.25) is 0 Å². The fourth-order valence-electron chi connectivity index (χ4n) is 3.02. The number of non-ortho nitro benzene ring substituents is 1. The van der Waals surface area contributed by atoms with E-state index in [-0.39, 0.29) is 46.0 Å². The van der Waals surface area contributed by atoms with Crippen molar-refractivity contribution in [1.29, 1.82) is 0 Å². The molecule has 0 aliphatic carbocycles. The van der Waals surface area contributed by atoms with Gasteiger partial charge in [-0.15, -0.1) is 0 Å². The first-order valence-corrected chi connectivity index (χ1v) is 10.6. The molecule has 1 unspecified atom stereocenters. The quantitative estimate of drug-likeness (QED) is 0.155. The fraction of sp³-hybridized carbons (Fsp3) is 0.176. The number of aromatic amines is 2. The third-order valence-corrected chi connectivity index (χ3v) is 6.05. The first-order valence-electron chi connectivity index (χ1n) is 8.52. The van der Waals surface area contributed by atoms with Crippen molar-refractivity contribution >= 4 is 35.9 Å². The highest BCUT2D eigenvalue weighted by atomic mass is 35.5. The summed E-state index contributed by atoms with van der Waals surface area (Å²) in [5, 5.41) is 14.2. The van der Waals surface area contributed by atoms with E-state index in [2.05, 4.69) is 15.3 Å². The number of nitrogens with zero attached hydrogens (tertiary/aromatic N) is 1. The third kappa shape index (κ3) is 4.66. The lowest BCUT2D eigenvalue weighted by atomic mass is 10.1. The molecule has 158 valence electrons. The van der Waals surface area contributed by atoms with Crippen molar-refractivity contribution in [2.24, 2.45) is 0 Å². The molecule has 2 aromatic carbocycles. The van der Waals surface area contributed by atoms with E-state index in [1.807, 2.05) is 0 Å². The monoisotopic (exact) mass is 454 g/mol. The Bertz CT molecular complexity index is 1280. The molecular formula is C17H16ClN4O7P. The van der Waals surface area contributed by atoms with Gasteiger partial charge in [-0.1, -0.05) is 29.8 Å². The van der Waals surface area contributed by atoms with Crippen molar-refractivity contribution in [3.8, 4) is 0 Å². The number of hydrogen-bond donors (Lipinski definition) is 5. The van der Waals surface area contributed by atoms with Gasteiger partial charge in [0, 0.05) is 30.2 Å². The normalized spacial score (nSPS) is 12.8. The van der Waals surface area contributed by atoms with Gasteiger partial charge in [-0.25, -0.2) is 0 Å². The predicted molar refractivity (Wildman–Crippen MR) is 110 cm³/mol. The van der Waals surface area contributed by atoms with E-state index in [9.17, 15) is 34.1 Å². The van der Waals surface area contributed by atoms with Gasteiger partial charge in [-0.05, 0) is 17.2 Å². The highest BCUT2D eigenvalue weighted by molar-refractivity contribution is 7.52. The largest absolute Gasteiger partial charge is 0.334 e. The molecule has 1 aromatic heterocycles. The van der Waals surface area contributed by atoms with Crippen molar-refractivity contribution in [3.63, 3.8) is 0 Å². The summed E-state index contributed by atoms with van der Waals surface area (Å²) in [4.78, 5) is 57.9. The summed E-state index contributed by atoms with van der Waals surface area (Å²) in [6.07, 6.45) is 0. The van der Waals surface area contributed by atoms with Gasteiger partial charge in [0.15, 0.2) is 0 Å². The Morgan fingerprint density at radius 1 is 1.17 bits per heavy atom. The van der Waals surface area contributed by atoms with Crippen LogP contribution in [0.1, 0.15) is 16.8 Å². The summed E-state index contributed by atoms with van der Waals surface area (Å²) < 4.78 is 12.0. The Kier molecular flexibility index (Phi) is 6.20. The van der Waals surface area contributed by atoms with Crippen molar-refractivity contribution in [2.75, 3.05) is 6.54 Å². The SMILES string of the molecule is O=c1[nH]c2cc([N+](=O)[O-])cc(CNCC(c3ccccc3Cl)P(=O)(O)O)c2[nH]c1=O. The molecule has 13 heteroatoms. The lowest BCUT2D eigenvalue weighted by molar-refractivity contribution is -0.384. The average molecular weight is 455 g/mol. The standard InChI is InChI=1S/C17H16ClN4O7P/c18-12-4-2-1-3-11(12)14(30(27,28)29)8-19-7-9-5-10(22(25)26)6-13-15(9)21-17(24)16(23)20-13/h1-6,14,19H,7-8H2,(H,20,23)(H,21,24)(H2,27,28,29). The van der Waals surface area contributed by atoms with E-state index in [0.29, 0.717) is 0 Å². The number of rotatable bonds is 7. The van der Waals surface area contributed by atoms with Crippen LogP contribution in [0.2, 0.25) is 5.02 Å². The van der Waals surface area contributed by atoms with Crippen molar-refractivity contribution in [3.05, 3.63) is 83.4 Å². The topological polar surface area (TPSA) is 178 Å². The average Bonchev–Trinajstić information content (AvgIpc) is 2.66. The van der Waals surface area contributed by atoms with Gasteiger partial charge in [0.25, 0.3) is 5.69 Å². The lowest BCUT2D eigenvalue weighted by Gasteiger charge is -2.20. The van der Waals surface area contributed by atoms with Crippen LogP contribution in [-0.4, -0.2) is 31.2 Å². The number of nitro benzene ring substituents is 1. The zero-order valence-corrected chi connectivity index (χ0v) is 16.8. The Morgan fingerprint density at radius 3 is 2.47 bits per heavy atom. The molecule has 5 N–H and O–H groups in total. The number of hydrogen-bond acceptors (Lipinski definition) is 6. The number of nitro groups is 1. The molecule has 0 radical (unpaired) electrons. The van der Waals surface area contributed by atoms with Crippen LogP contribution >= 0.6 is 19.2 Å². The van der Waals surface area contributed by atoms with Crippen molar-refractivity contribution in [2.45, 2.75) is 12.2 Å². The van der Waals surface area contributed by atoms with Crippen LogP contribution in [0.5, 0.6) is 0 Å². The molecule has 0 spiro atoms. The second-order valence-corrected chi connectivity index (χ2v) is 8.66. The van der Waals surface area contributed by atoms with Crippen LogP contribution in [0, 0.1) is 10.1 Å². The van der Waals surface area contributed by atoms with E-state index < -0.39 is 29.3 Å². The second-order valence-electron chi connectivity index (χ2n) is 6.45. The first kappa shape index (κ1) is 21.9. The molecule has 1 heterocycles. The van der Waals surface area contributed by atoms with Gasteiger partial charge in [-0.2, -0.15) is 0 Å². The molecule has 1 atom stereocenters. The van der Waals surface area contributed by atoms with Gasteiger partial charge in [-0.3, -0.25) is 24.3 Å². The van der Waals surface area contributed by atoms with E-state index in [0.717, 1.165) is 6.07 Å². The van der Waals surface area contributed by atoms with E-state index >= 15 is 0 Å². The molecule has 3 aromatic rings. The molecule has 0 aliphatic heterocycles. The Balaban J connectivity index is 1.94. The van der Waals surface area contributed by atoms with Crippen LogP contribution in [0.3, 0.4) is 0 Å². The molecule has 3 rings (SSSR count). The molecular weight excluding hydrogens is 439 g/mol. The third-order valence-electron chi connectivity index (χ3n) is 4.43. The van der Waals surface area contributed by atoms with Crippen LogP contribution in [0.25, 0.3) is 11.0 Å². The summed E-state index contributed by atoms with van der Waals surface area (Å²) >= 11 is 6.07. The molecule has 0 amide bonds. The Labute approximate surface area is 173 Å². The fourth-order valence-corrected chi connectivity index (χ4v) is 4.32. The molecule has 0 fully saturated rings. The number of aromatic nitrogens is 2. The van der Waals surface area contributed by atoms with E-state index in [4.69, 9.17) is 11.6 Å². The first-order chi connectivity index (χ1) is 14.1. The Hall–Kier alpha value is -2.82. The van der Waals surface area contributed by atoms with E-state index in [1.54, 1.807) is 12.1 Å². The van der Waals surface area contributed by atoms with Gasteiger partial charge in [0.05, 0.1) is 21.6 Å². The van der Waals surface area contributed by atoms with E-state index in [1.165, 1.54) is 18.2 Å². The summed E-state index contributed by atoms with van der Waals surface area (Å²) in [7, 11) is -4.59. The lowest BCUT2D eigenvalue weighted by Crippen LogP contribution is -2.29. The number of halogens is 1. The van der Waals surface area contributed by atoms with Crippen LogP contribution in [0.4, 0.5) is 5.69 Å². The van der Waals surface area contributed by atoms with Crippen molar-refractivity contribution in [1.82, 2.24) is 15.3 Å². The van der Waals surface area contributed by atoms with Gasteiger partial charge >= 0.3 is 18.7 Å². The molecule has 0 saturated heterocycles. The number of nitrogens with one attached hydrogen (secondary N) is 3. The zero-order chi connectivity index (χ0) is 22.1. The summed E-state index contributed by atoms with van der Waals surface area (Å²) in [5.74, 6) is 0. The Morgan fingerprint density at radius 2 is 1.83 bits per heavy atom. The minimum Gasteiger partial charge on any atom is -0.324 e. The number of H-pyrrole nitrogens is 2. The highest BCUT2D eigenvalue weighted by Crippen LogP contribution is 2.52. The van der Waals surface area contributed by atoms with Gasteiger partial charge < -0.3 is 25.1 Å². The molecule has 0 bridgehead atoms. The zero-order valence-electron chi connectivity index (χ0n) is 15.2. The second kappa shape index (κ2) is 8.50. The number of fused-ring (bicyclic) bond motifs is 1. The van der Waals surface area contributed by atoms with Gasteiger partial charge in [0.1, 0.15) is 0 Å². The van der Waals surface area contributed by atoms with Crippen LogP contribution in [0.15, 0.2) is 46.0 Å². The molecule has 0 aliphatic rings. The highest BCUT2D eigenvalue weighted by Gasteiger charge is 2.31. The molecule has 0 saturated carbocycles. The van der Waals surface area contributed by atoms with Crippen LogP contribution < -0.4 is 16.4 Å². The number of benzene rings is 2. The smallest absolute Gasteiger partial charge is 0.324 e. The molecule has 30 heavy (non-hydrogen) atoms. The molecule has 11 nitrogen and oxygen atoms in total. The maximum Gasteiger partial charge on any atom is 0.334 e.